The normalized spacial score (nSPS) is 15.1. The van der Waals surface area contributed by atoms with Gasteiger partial charge in [-0.05, 0) is 32.6 Å². The Balaban J connectivity index is 2.08. The van der Waals surface area contributed by atoms with E-state index in [1.807, 2.05) is 0 Å². The van der Waals surface area contributed by atoms with E-state index >= 15 is 0 Å². The Kier molecular flexibility index (Phi) is 4.36. The summed E-state index contributed by atoms with van der Waals surface area (Å²) in [6.45, 7) is 2.09. The van der Waals surface area contributed by atoms with E-state index in [4.69, 9.17) is 0 Å². The lowest BCUT2D eigenvalue weighted by molar-refractivity contribution is -0.127. The monoisotopic (exact) mass is 195 g/mol. The predicted octanol–water partition coefficient (Wildman–Crippen LogP) is 1.58. The maximum absolute atomic E-state index is 11.1. The minimum absolute atomic E-state index is 0.0129. The molecule has 0 saturated heterocycles. The lowest BCUT2D eigenvalue weighted by Gasteiger charge is -2.04. The van der Waals surface area contributed by atoms with Crippen LogP contribution in [0.15, 0.2) is 11.6 Å². The van der Waals surface area contributed by atoms with Crippen LogP contribution in [0.4, 0.5) is 0 Å². The zero-order valence-electron chi connectivity index (χ0n) is 8.64. The molecule has 0 bridgehead atoms. The lowest BCUT2D eigenvalue weighted by Crippen LogP contribution is -2.26. The van der Waals surface area contributed by atoms with Crippen molar-refractivity contribution in [3.63, 3.8) is 0 Å². The van der Waals surface area contributed by atoms with E-state index in [2.05, 4.69) is 11.4 Å². The number of carbonyl (C=O) groups excluding carboxylic acids is 2. The van der Waals surface area contributed by atoms with Gasteiger partial charge in [-0.25, -0.2) is 0 Å². The Morgan fingerprint density at radius 2 is 2.29 bits per heavy atom. The van der Waals surface area contributed by atoms with Gasteiger partial charge in [0.2, 0.25) is 5.91 Å². The van der Waals surface area contributed by atoms with E-state index in [1.54, 1.807) is 0 Å². The maximum atomic E-state index is 11.1. The Morgan fingerprint density at radius 1 is 1.50 bits per heavy atom. The molecule has 1 rings (SSSR count). The van der Waals surface area contributed by atoms with Crippen molar-refractivity contribution in [2.45, 2.75) is 39.0 Å². The van der Waals surface area contributed by atoms with E-state index in [9.17, 15) is 9.59 Å². The summed E-state index contributed by atoms with van der Waals surface area (Å²) >= 11 is 0. The van der Waals surface area contributed by atoms with Crippen LogP contribution in [0.1, 0.15) is 39.0 Å². The minimum atomic E-state index is -0.156. The molecule has 1 N–H and O–H groups in total. The molecule has 0 saturated carbocycles. The van der Waals surface area contributed by atoms with Crippen LogP contribution in [0.3, 0.4) is 0 Å². The lowest BCUT2D eigenvalue weighted by atomic mass is 10.1. The fourth-order valence-corrected chi connectivity index (χ4v) is 1.62. The summed E-state index contributed by atoms with van der Waals surface area (Å²) in [6, 6.07) is 0. The fraction of sp³-hybridized carbons (Fsp3) is 0.636. The highest BCUT2D eigenvalue weighted by Gasteiger charge is 2.06. The zero-order chi connectivity index (χ0) is 10.4. The highest BCUT2D eigenvalue weighted by molar-refractivity contribution is 5.96. The molecular formula is C11H17NO2. The third-order valence-electron chi connectivity index (χ3n) is 2.31. The molecule has 78 valence electrons. The summed E-state index contributed by atoms with van der Waals surface area (Å²) in [4.78, 5) is 21.7. The molecule has 0 radical (unpaired) electrons. The first-order chi connectivity index (χ1) is 6.68. The summed E-state index contributed by atoms with van der Waals surface area (Å²) in [5.41, 5.74) is 1.44. The molecule has 1 aliphatic rings. The Labute approximate surface area is 84.6 Å². The average Bonchev–Trinajstić information content (AvgIpc) is 2.55. The Morgan fingerprint density at radius 3 is 2.86 bits per heavy atom. The average molecular weight is 195 g/mol. The molecule has 0 heterocycles. The number of ketones is 1. The topological polar surface area (TPSA) is 46.2 Å². The molecule has 3 nitrogen and oxygen atoms in total. The number of nitrogens with one attached hydrogen (secondary N) is 1. The van der Waals surface area contributed by atoms with E-state index in [-0.39, 0.29) is 18.1 Å². The van der Waals surface area contributed by atoms with Gasteiger partial charge in [0.05, 0.1) is 6.42 Å². The summed E-state index contributed by atoms with van der Waals surface area (Å²) in [5, 5.41) is 2.74. The minimum Gasteiger partial charge on any atom is -0.355 e. The van der Waals surface area contributed by atoms with Crippen LogP contribution < -0.4 is 5.32 Å². The van der Waals surface area contributed by atoms with Crippen LogP contribution >= 0.6 is 0 Å². The van der Waals surface area contributed by atoms with Crippen molar-refractivity contribution in [3.8, 4) is 0 Å². The number of allylic oxidation sites excluding steroid dienone is 1. The number of rotatable bonds is 5. The highest BCUT2D eigenvalue weighted by atomic mass is 16.2. The summed E-state index contributed by atoms with van der Waals surface area (Å²) < 4.78 is 0. The van der Waals surface area contributed by atoms with Crippen molar-refractivity contribution in [3.05, 3.63) is 11.6 Å². The first kappa shape index (κ1) is 11.0. The van der Waals surface area contributed by atoms with Gasteiger partial charge in [-0.15, -0.1) is 0 Å². The van der Waals surface area contributed by atoms with Crippen molar-refractivity contribution >= 4 is 11.7 Å². The molecular weight excluding hydrogens is 178 g/mol. The summed E-state index contributed by atoms with van der Waals surface area (Å²) in [7, 11) is 0. The zero-order valence-corrected chi connectivity index (χ0v) is 8.64. The SMILES string of the molecule is CC(=O)CC(=O)NCCC1=CCCC1. The van der Waals surface area contributed by atoms with Gasteiger partial charge in [0.1, 0.15) is 5.78 Å². The van der Waals surface area contributed by atoms with Gasteiger partial charge >= 0.3 is 0 Å². The number of amides is 1. The molecule has 0 unspecified atom stereocenters. The quantitative estimate of drug-likeness (QED) is 0.535. The largest absolute Gasteiger partial charge is 0.355 e. The number of Topliss-reactive ketones (excluding diaryl/α,β-unsaturated/α-hetero) is 1. The van der Waals surface area contributed by atoms with Crippen LogP contribution in [0.25, 0.3) is 0 Å². The predicted molar refractivity (Wildman–Crippen MR) is 54.9 cm³/mol. The molecule has 0 spiro atoms. The first-order valence-corrected chi connectivity index (χ1v) is 5.12. The maximum Gasteiger partial charge on any atom is 0.227 e. The molecule has 1 amide bonds. The molecule has 0 aromatic heterocycles. The summed E-state index contributed by atoms with van der Waals surface area (Å²) in [6.07, 6.45) is 6.79. The van der Waals surface area contributed by atoms with Crippen LogP contribution in [0.5, 0.6) is 0 Å². The van der Waals surface area contributed by atoms with Crippen LogP contribution in [0, 0.1) is 0 Å². The van der Waals surface area contributed by atoms with Gasteiger partial charge < -0.3 is 5.32 Å². The van der Waals surface area contributed by atoms with Crippen LogP contribution in [-0.4, -0.2) is 18.2 Å². The Bertz CT molecular complexity index is 256. The van der Waals surface area contributed by atoms with Crippen LogP contribution in [0.2, 0.25) is 0 Å². The van der Waals surface area contributed by atoms with Crippen molar-refractivity contribution in [1.82, 2.24) is 5.32 Å². The number of hydrogen-bond donors (Lipinski definition) is 1. The molecule has 1 aliphatic carbocycles. The molecule has 0 atom stereocenters. The highest BCUT2D eigenvalue weighted by Crippen LogP contribution is 2.19. The molecule has 0 fully saturated rings. The second-order valence-corrected chi connectivity index (χ2v) is 3.73. The number of carbonyl (C=O) groups is 2. The van der Waals surface area contributed by atoms with E-state index < -0.39 is 0 Å². The number of hydrogen-bond acceptors (Lipinski definition) is 2. The second kappa shape index (κ2) is 5.58. The van der Waals surface area contributed by atoms with Crippen molar-refractivity contribution < 1.29 is 9.59 Å². The third-order valence-corrected chi connectivity index (χ3v) is 2.31. The van der Waals surface area contributed by atoms with E-state index in [0.29, 0.717) is 6.54 Å². The molecule has 0 aromatic carbocycles. The third kappa shape index (κ3) is 4.21. The van der Waals surface area contributed by atoms with Gasteiger partial charge in [-0.1, -0.05) is 11.6 Å². The van der Waals surface area contributed by atoms with Gasteiger partial charge in [0.15, 0.2) is 0 Å². The van der Waals surface area contributed by atoms with Gasteiger partial charge in [-0.2, -0.15) is 0 Å². The molecule has 0 aliphatic heterocycles. The smallest absolute Gasteiger partial charge is 0.227 e. The first-order valence-electron chi connectivity index (χ1n) is 5.12. The molecule has 14 heavy (non-hydrogen) atoms. The van der Waals surface area contributed by atoms with Crippen molar-refractivity contribution in [2.24, 2.45) is 0 Å². The van der Waals surface area contributed by atoms with Crippen LogP contribution in [-0.2, 0) is 9.59 Å². The van der Waals surface area contributed by atoms with Gasteiger partial charge in [0.25, 0.3) is 0 Å². The molecule has 0 aromatic rings. The van der Waals surface area contributed by atoms with E-state index in [0.717, 1.165) is 6.42 Å². The fourth-order valence-electron chi connectivity index (χ4n) is 1.62. The van der Waals surface area contributed by atoms with Crippen molar-refractivity contribution in [2.75, 3.05) is 6.54 Å². The Hall–Kier alpha value is -1.12. The van der Waals surface area contributed by atoms with Crippen molar-refractivity contribution in [1.29, 1.82) is 0 Å². The second-order valence-electron chi connectivity index (χ2n) is 3.73. The standard InChI is InChI=1S/C11H17NO2/c1-9(13)8-11(14)12-7-6-10-4-2-3-5-10/h4H,2-3,5-8H2,1H3,(H,12,14). The van der Waals surface area contributed by atoms with Gasteiger partial charge in [-0.3, -0.25) is 9.59 Å². The summed E-state index contributed by atoms with van der Waals surface area (Å²) in [5.74, 6) is -0.237. The van der Waals surface area contributed by atoms with Gasteiger partial charge in [0, 0.05) is 6.54 Å². The van der Waals surface area contributed by atoms with E-state index in [1.165, 1.54) is 31.8 Å². The molecule has 3 heteroatoms.